The first kappa shape index (κ1) is 24.7. The van der Waals surface area contributed by atoms with Gasteiger partial charge >= 0.3 is 5.92 Å². The molecule has 0 fully saturated rings. The van der Waals surface area contributed by atoms with Gasteiger partial charge in [-0.25, -0.2) is 4.39 Å². The number of hydrogen-bond acceptors (Lipinski definition) is 4. The van der Waals surface area contributed by atoms with E-state index in [9.17, 15) is 14.3 Å². The summed E-state index contributed by atoms with van der Waals surface area (Å²) in [7, 11) is 0. The summed E-state index contributed by atoms with van der Waals surface area (Å²) >= 11 is 0. The van der Waals surface area contributed by atoms with Gasteiger partial charge in [0.25, 0.3) is 0 Å². The molecular weight excluding hydrogens is 469 g/mol. The van der Waals surface area contributed by atoms with Crippen LogP contribution in [-0.2, 0) is 16.9 Å². The second kappa shape index (κ2) is 9.35. The fourth-order valence-corrected chi connectivity index (χ4v) is 4.22. The molecule has 1 aromatic heterocycles. The molecule has 1 unspecified atom stereocenters. The average Bonchev–Trinajstić information content (AvgIpc) is 3.23. The highest BCUT2D eigenvalue weighted by molar-refractivity contribution is 5.90. The number of aliphatic hydroxyl groups is 1. The number of hydrogen-bond donors (Lipinski definition) is 4. The van der Waals surface area contributed by atoms with Gasteiger partial charge in [0.1, 0.15) is 12.4 Å². The van der Waals surface area contributed by atoms with Crippen LogP contribution in [0.1, 0.15) is 16.7 Å². The van der Waals surface area contributed by atoms with Gasteiger partial charge in [0.2, 0.25) is 5.91 Å². The molecule has 4 rings (SSSR count). The number of aromatic nitrogens is 1. The predicted octanol–water partition coefficient (Wildman–Crippen LogP) is 5.06. The van der Waals surface area contributed by atoms with Crippen molar-refractivity contribution in [2.75, 3.05) is 5.32 Å². The van der Waals surface area contributed by atoms with Crippen LogP contribution in [-0.4, -0.2) is 27.7 Å². The maximum atomic E-state index is 15.5. The molecule has 5 N–H and O–H groups in total. The normalized spacial score (nSPS) is 13.2. The molecule has 184 valence electrons. The SMILES string of the molecule is C=CC(F)(F)C(O)(c1ccc(Nc2ccc(F)cc2)c(C=N)c1)c1cn(CC(N)=O)c2ccccc12. The van der Waals surface area contributed by atoms with E-state index >= 15 is 8.78 Å². The van der Waals surface area contributed by atoms with Gasteiger partial charge < -0.3 is 26.1 Å². The third-order valence-electron chi connectivity index (χ3n) is 5.99. The molecule has 1 atom stereocenters. The predicted molar refractivity (Wildman–Crippen MR) is 133 cm³/mol. The number of benzene rings is 3. The van der Waals surface area contributed by atoms with E-state index < -0.39 is 23.2 Å². The number of alkyl halides is 2. The Kier molecular flexibility index (Phi) is 6.43. The van der Waals surface area contributed by atoms with Crippen LogP contribution in [0.4, 0.5) is 24.5 Å². The van der Waals surface area contributed by atoms with Gasteiger partial charge in [-0.05, 0) is 54.1 Å². The average molecular weight is 493 g/mol. The van der Waals surface area contributed by atoms with Crippen molar-refractivity contribution in [2.24, 2.45) is 5.73 Å². The zero-order valence-electron chi connectivity index (χ0n) is 19.0. The van der Waals surface area contributed by atoms with E-state index in [1.807, 2.05) is 0 Å². The van der Waals surface area contributed by atoms with Crippen LogP contribution in [0, 0.1) is 11.2 Å². The Morgan fingerprint density at radius 3 is 2.47 bits per heavy atom. The molecule has 0 radical (unpaired) electrons. The number of primary amides is 1. The maximum absolute atomic E-state index is 15.5. The summed E-state index contributed by atoms with van der Waals surface area (Å²) in [5, 5.41) is 22.9. The number of halogens is 3. The van der Waals surface area contributed by atoms with Crippen molar-refractivity contribution in [1.82, 2.24) is 4.57 Å². The lowest BCUT2D eigenvalue weighted by atomic mass is 9.80. The van der Waals surface area contributed by atoms with Gasteiger partial charge in [-0.3, -0.25) is 4.79 Å². The number of nitrogens with one attached hydrogen (secondary N) is 2. The molecule has 0 spiro atoms. The van der Waals surface area contributed by atoms with Gasteiger partial charge in [0.05, 0.1) is 0 Å². The van der Waals surface area contributed by atoms with Crippen LogP contribution in [0.15, 0.2) is 85.6 Å². The molecule has 0 saturated carbocycles. The summed E-state index contributed by atoms with van der Waals surface area (Å²) in [4.78, 5) is 11.6. The minimum Gasteiger partial charge on any atom is -0.374 e. The second-order valence-corrected chi connectivity index (χ2v) is 8.27. The summed E-state index contributed by atoms with van der Waals surface area (Å²) in [6.45, 7) is 2.95. The molecule has 0 aliphatic rings. The highest BCUT2D eigenvalue weighted by Crippen LogP contribution is 2.47. The summed E-state index contributed by atoms with van der Waals surface area (Å²) in [5.74, 6) is -4.95. The Balaban J connectivity index is 1.91. The minimum atomic E-state index is -3.85. The molecule has 0 aliphatic heterocycles. The Labute approximate surface area is 205 Å². The fourth-order valence-electron chi connectivity index (χ4n) is 4.22. The van der Waals surface area contributed by atoms with Crippen molar-refractivity contribution in [3.8, 4) is 0 Å². The molecule has 36 heavy (non-hydrogen) atoms. The lowest BCUT2D eigenvalue weighted by molar-refractivity contribution is -0.129. The van der Waals surface area contributed by atoms with Crippen molar-refractivity contribution >= 4 is 34.4 Å². The van der Waals surface area contributed by atoms with Crippen molar-refractivity contribution in [3.05, 3.63) is 108 Å². The molecule has 1 heterocycles. The molecule has 3 aromatic carbocycles. The van der Waals surface area contributed by atoms with Crippen LogP contribution < -0.4 is 11.1 Å². The summed E-state index contributed by atoms with van der Waals surface area (Å²) in [6, 6.07) is 16.0. The van der Waals surface area contributed by atoms with Crippen LogP contribution >= 0.6 is 0 Å². The number of amides is 1. The standard InChI is InChI=1S/C27H23F3N4O2/c1-2-26(29,30)27(36,22-15-34(16-25(32)35)24-6-4-3-5-21(22)24)18-7-12-23(17(13-18)14-31)33-20-10-8-19(28)9-11-20/h2-15,31,33,36H,1,16H2,(H2,32,35). The molecule has 9 heteroatoms. The van der Waals surface area contributed by atoms with Crippen LogP contribution in [0.2, 0.25) is 0 Å². The van der Waals surface area contributed by atoms with Crippen molar-refractivity contribution in [2.45, 2.75) is 18.1 Å². The minimum absolute atomic E-state index is 0.153. The topological polar surface area (TPSA) is 104 Å². The van der Waals surface area contributed by atoms with E-state index in [1.165, 1.54) is 53.2 Å². The van der Waals surface area contributed by atoms with Gasteiger partial charge in [-0.1, -0.05) is 30.8 Å². The highest BCUT2D eigenvalue weighted by atomic mass is 19.3. The maximum Gasteiger partial charge on any atom is 0.302 e. The largest absolute Gasteiger partial charge is 0.374 e. The Morgan fingerprint density at radius 1 is 1.14 bits per heavy atom. The molecule has 0 saturated heterocycles. The Morgan fingerprint density at radius 2 is 1.83 bits per heavy atom. The van der Waals surface area contributed by atoms with Gasteiger partial charge in [0, 0.05) is 45.8 Å². The summed E-state index contributed by atoms with van der Waals surface area (Å²) in [5.41, 5.74) is 3.65. The van der Waals surface area contributed by atoms with E-state index in [0.717, 1.165) is 6.21 Å². The number of nitrogens with two attached hydrogens (primary N) is 1. The van der Waals surface area contributed by atoms with E-state index in [0.29, 0.717) is 28.4 Å². The number of carbonyl (C=O) groups excluding carboxylic acids is 1. The fraction of sp³-hybridized carbons (Fsp3) is 0.111. The zero-order valence-corrected chi connectivity index (χ0v) is 19.0. The number of nitrogens with zero attached hydrogens (tertiary/aromatic N) is 1. The van der Waals surface area contributed by atoms with Crippen LogP contribution in [0.5, 0.6) is 0 Å². The smallest absolute Gasteiger partial charge is 0.302 e. The molecule has 6 nitrogen and oxygen atoms in total. The summed E-state index contributed by atoms with van der Waals surface area (Å²) < 4.78 is 45.7. The molecular formula is C27H23F3N4O2. The van der Waals surface area contributed by atoms with E-state index in [-0.39, 0.29) is 23.2 Å². The third-order valence-corrected chi connectivity index (χ3v) is 5.99. The lowest BCUT2D eigenvalue weighted by Gasteiger charge is -2.35. The third kappa shape index (κ3) is 4.25. The number of carbonyl (C=O) groups is 1. The Hall–Kier alpha value is -4.37. The molecule has 0 bridgehead atoms. The second-order valence-electron chi connectivity index (χ2n) is 8.27. The van der Waals surface area contributed by atoms with Crippen LogP contribution in [0.3, 0.4) is 0 Å². The van der Waals surface area contributed by atoms with Crippen molar-refractivity contribution in [1.29, 1.82) is 5.41 Å². The number of anilines is 2. The summed E-state index contributed by atoms with van der Waals surface area (Å²) in [6.07, 6.45) is 2.60. The first-order chi connectivity index (χ1) is 17.1. The molecule has 4 aromatic rings. The number of fused-ring (bicyclic) bond motifs is 1. The van der Waals surface area contributed by atoms with Gasteiger partial charge in [-0.15, -0.1) is 0 Å². The van der Waals surface area contributed by atoms with Gasteiger partial charge in [0.15, 0.2) is 5.60 Å². The van der Waals surface area contributed by atoms with E-state index in [1.54, 1.807) is 24.3 Å². The number of rotatable bonds is 9. The first-order valence-electron chi connectivity index (χ1n) is 10.9. The lowest BCUT2D eigenvalue weighted by Crippen LogP contribution is -2.45. The van der Waals surface area contributed by atoms with E-state index in [2.05, 4.69) is 11.9 Å². The Bertz CT molecular complexity index is 1460. The highest BCUT2D eigenvalue weighted by Gasteiger charge is 2.54. The number of para-hydroxylation sites is 1. The quantitative estimate of drug-likeness (QED) is 0.194. The molecule has 1 amide bonds. The first-order valence-corrected chi connectivity index (χ1v) is 10.9. The van der Waals surface area contributed by atoms with E-state index in [4.69, 9.17) is 11.1 Å². The van der Waals surface area contributed by atoms with Gasteiger partial charge in [-0.2, -0.15) is 8.78 Å². The van der Waals surface area contributed by atoms with Crippen molar-refractivity contribution in [3.63, 3.8) is 0 Å². The van der Waals surface area contributed by atoms with Crippen LogP contribution in [0.25, 0.3) is 10.9 Å². The zero-order chi connectivity index (χ0) is 26.1. The molecule has 0 aliphatic carbocycles. The van der Waals surface area contributed by atoms with Crippen molar-refractivity contribution < 1.29 is 23.1 Å². The monoisotopic (exact) mass is 492 g/mol.